The quantitative estimate of drug-likeness (QED) is 0.734. The van der Waals surface area contributed by atoms with Crippen molar-refractivity contribution in [2.45, 2.75) is 12.8 Å². The smallest absolute Gasteiger partial charge is 0.417 e. The number of hydrogen-bond donors (Lipinski definition) is 1. The van der Waals surface area contributed by atoms with Crippen LogP contribution in [0.3, 0.4) is 0 Å². The van der Waals surface area contributed by atoms with E-state index in [9.17, 15) is 9.59 Å². The molecule has 1 N–H and O–H groups in total. The van der Waals surface area contributed by atoms with E-state index in [1.807, 2.05) is 47.4 Å². The number of ether oxygens (including phenoxy) is 1. The number of amides is 1. The molecule has 2 heterocycles. The number of fused-ring (bicyclic) bond motifs is 1. The van der Waals surface area contributed by atoms with Gasteiger partial charge in [0.25, 0.3) is 0 Å². The molecule has 0 aliphatic carbocycles. The van der Waals surface area contributed by atoms with E-state index in [1.54, 1.807) is 7.11 Å². The summed E-state index contributed by atoms with van der Waals surface area (Å²) in [4.78, 5) is 30.8. The Kier molecular flexibility index (Phi) is 5.06. The van der Waals surface area contributed by atoms with Crippen LogP contribution in [0.1, 0.15) is 12.0 Å². The predicted octanol–water partition coefficient (Wildman–Crippen LogP) is 2.41. The molecule has 7 nitrogen and oxygen atoms in total. The molecule has 0 unspecified atom stereocenters. The van der Waals surface area contributed by atoms with Gasteiger partial charge in [-0.1, -0.05) is 18.2 Å². The van der Waals surface area contributed by atoms with Crippen molar-refractivity contribution in [2.24, 2.45) is 0 Å². The first kappa shape index (κ1) is 18.2. The van der Waals surface area contributed by atoms with E-state index >= 15 is 0 Å². The van der Waals surface area contributed by atoms with E-state index in [2.05, 4.69) is 9.88 Å². The highest BCUT2D eigenvalue weighted by Gasteiger charge is 2.23. The molecule has 146 valence electrons. The monoisotopic (exact) mass is 381 g/mol. The van der Waals surface area contributed by atoms with Gasteiger partial charge in [0.05, 0.1) is 18.3 Å². The van der Waals surface area contributed by atoms with Crippen molar-refractivity contribution in [3.8, 4) is 5.75 Å². The minimum Gasteiger partial charge on any atom is -0.497 e. The van der Waals surface area contributed by atoms with E-state index in [-0.39, 0.29) is 5.91 Å². The SMILES string of the molecule is COc1cccc(CCC(=O)N2CCN(c3cccc4[nH]c(=O)oc34)CC2)c1. The molecule has 1 amide bonds. The van der Waals surface area contributed by atoms with Crippen LogP contribution < -0.4 is 15.4 Å². The Morgan fingerprint density at radius 2 is 1.93 bits per heavy atom. The van der Waals surface area contributed by atoms with Gasteiger partial charge in [-0.05, 0) is 36.2 Å². The van der Waals surface area contributed by atoms with Crippen molar-refractivity contribution in [3.05, 3.63) is 58.6 Å². The molecule has 1 aliphatic rings. The molecular formula is C21H23N3O4. The molecule has 0 atom stereocenters. The number of carbonyl (C=O) groups excluding carboxylic acids is 1. The second kappa shape index (κ2) is 7.80. The third kappa shape index (κ3) is 3.74. The molecule has 4 rings (SSSR count). The lowest BCUT2D eigenvalue weighted by atomic mass is 10.1. The zero-order valence-corrected chi connectivity index (χ0v) is 15.8. The number of aromatic amines is 1. The molecule has 1 aliphatic heterocycles. The first-order valence-electron chi connectivity index (χ1n) is 9.41. The van der Waals surface area contributed by atoms with Gasteiger partial charge in [-0.25, -0.2) is 4.79 Å². The summed E-state index contributed by atoms with van der Waals surface area (Å²) in [6.45, 7) is 2.72. The van der Waals surface area contributed by atoms with Crippen molar-refractivity contribution in [1.29, 1.82) is 0 Å². The highest BCUT2D eigenvalue weighted by atomic mass is 16.5. The lowest BCUT2D eigenvalue weighted by molar-refractivity contribution is -0.131. The maximum absolute atomic E-state index is 12.6. The number of H-pyrrole nitrogens is 1. The fraction of sp³-hybridized carbons (Fsp3) is 0.333. The number of nitrogens with one attached hydrogen (secondary N) is 1. The number of oxazole rings is 1. The fourth-order valence-corrected chi connectivity index (χ4v) is 3.64. The van der Waals surface area contributed by atoms with Crippen LogP contribution in [0.15, 0.2) is 51.7 Å². The number of carbonyl (C=O) groups is 1. The van der Waals surface area contributed by atoms with E-state index in [4.69, 9.17) is 9.15 Å². The molecule has 1 fully saturated rings. The molecule has 0 bridgehead atoms. The van der Waals surface area contributed by atoms with Crippen molar-refractivity contribution in [3.63, 3.8) is 0 Å². The van der Waals surface area contributed by atoms with Crippen LogP contribution in [0.4, 0.5) is 5.69 Å². The Bertz CT molecular complexity index is 1030. The van der Waals surface area contributed by atoms with Gasteiger partial charge in [-0.3, -0.25) is 9.78 Å². The number of aromatic nitrogens is 1. The molecule has 28 heavy (non-hydrogen) atoms. The third-order valence-electron chi connectivity index (χ3n) is 5.16. The number of anilines is 1. The zero-order valence-electron chi connectivity index (χ0n) is 15.8. The van der Waals surface area contributed by atoms with Crippen LogP contribution in [0, 0.1) is 0 Å². The third-order valence-corrected chi connectivity index (χ3v) is 5.16. The van der Waals surface area contributed by atoms with Crippen LogP contribution in [-0.2, 0) is 11.2 Å². The molecule has 1 aromatic heterocycles. The van der Waals surface area contributed by atoms with Crippen molar-refractivity contribution in [2.75, 3.05) is 38.2 Å². The number of para-hydroxylation sites is 1. The molecule has 1 saturated heterocycles. The molecular weight excluding hydrogens is 358 g/mol. The maximum atomic E-state index is 12.6. The van der Waals surface area contributed by atoms with Crippen molar-refractivity contribution in [1.82, 2.24) is 9.88 Å². The van der Waals surface area contributed by atoms with Gasteiger partial charge in [0.2, 0.25) is 5.91 Å². The summed E-state index contributed by atoms with van der Waals surface area (Å²) in [7, 11) is 1.64. The molecule has 0 radical (unpaired) electrons. The average molecular weight is 381 g/mol. The summed E-state index contributed by atoms with van der Waals surface area (Å²) in [5.41, 5.74) is 3.25. The first-order valence-corrected chi connectivity index (χ1v) is 9.41. The predicted molar refractivity (Wildman–Crippen MR) is 107 cm³/mol. The first-order chi connectivity index (χ1) is 13.6. The Labute approximate surface area is 162 Å². The van der Waals surface area contributed by atoms with E-state index in [0.29, 0.717) is 50.1 Å². The van der Waals surface area contributed by atoms with Gasteiger partial charge in [0, 0.05) is 32.6 Å². The normalized spacial score (nSPS) is 14.5. The van der Waals surface area contributed by atoms with Gasteiger partial charge in [-0.2, -0.15) is 0 Å². The van der Waals surface area contributed by atoms with Gasteiger partial charge < -0.3 is 19.0 Å². The second-order valence-corrected chi connectivity index (χ2v) is 6.89. The summed E-state index contributed by atoms with van der Waals surface area (Å²) < 4.78 is 10.5. The lowest BCUT2D eigenvalue weighted by Crippen LogP contribution is -2.48. The Morgan fingerprint density at radius 3 is 2.71 bits per heavy atom. The highest BCUT2D eigenvalue weighted by molar-refractivity contribution is 5.86. The fourth-order valence-electron chi connectivity index (χ4n) is 3.64. The number of piperazine rings is 1. The Hall–Kier alpha value is -3.22. The van der Waals surface area contributed by atoms with Gasteiger partial charge in [0.1, 0.15) is 5.75 Å². The number of hydrogen-bond acceptors (Lipinski definition) is 5. The van der Waals surface area contributed by atoms with Gasteiger partial charge in [0.15, 0.2) is 5.58 Å². The molecule has 7 heteroatoms. The zero-order chi connectivity index (χ0) is 19.5. The minimum atomic E-state index is -0.450. The second-order valence-electron chi connectivity index (χ2n) is 6.89. The number of methoxy groups -OCH3 is 1. The van der Waals surface area contributed by atoms with Gasteiger partial charge >= 0.3 is 5.76 Å². The topological polar surface area (TPSA) is 78.8 Å². The van der Waals surface area contributed by atoms with Gasteiger partial charge in [-0.15, -0.1) is 0 Å². The Balaban J connectivity index is 1.35. The average Bonchev–Trinajstić information content (AvgIpc) is 3.12. The number of benzene rings is 2. The van der Waals surface area contributed by atoms with E-state index < -0.39 is 5.76 Å². The highest BCUT2D eigenvalue weighted by Crippen LogP contribution is 2.26. The largest absolute Gasteiger partial charge is 0.497 e. The van der Waals surface area contributed by atoms with Crippen LogP contribution in [0.25, 0.3) is 11.1 Å². The number of aryl methyl sites for hydroxylation is 1. The van der Waals surface area contributed by atoms with E-state index in [1.165, 1.54) is 0 Å². The van der Waals surface area contributed by atoms with E-state index in [0.717, 1.165) is 17.0 Å². The standard InChI is InChI=1S/C21H23N3O4/c1-27-16-5-2-4-15(14-16)8-9-19(25)24-12-10-23(11-13-24)18-7-3-6-17-20(18)28-21(26)22-17/h2-7,14H,8-13H2,1H3,(H,22,26). The van der Waals surface area contributed by atoms with Crippen LogP contribution in [-0.4, -0.2) is 49.1 Å². The number of rotatable bonds is 5. The van der Waals surface area contributed by atoms with Crippen molar-refractivity contribution < 1.29 is 13.9 Å². The molecule has 0 saturated carbocycles. The van der Waals surface area contributed by atoms with Crippen molar-refractivity contribution >= 4 is 22.7 Å². The Morgan fingerprint density at radius 1 is 1.14 bits per heavy atom. The van der Waals surface area contributed by atoms with Crippen LogP contribution >= 0.6 is 0 Å². The minimum absolute atomic E-state index is 0.161. The molecule has 3 aromatic rings. The summed E-state index contributed by atoms with van der Waals surface area (Å²) in [6.07, 6.45) is 1.18. The summed E-state index contributed by atoms with van der Waals surface area (Å²) in [6, 6.07) is 13.5. The summed E-state index contributed by atoms with van der Waals surface area (Å²) in [5, 5.41) is 0. The summed E-state index contributed by atoms with van der Waals surface area (Å²) >= 11 is 0. The molecule has 2 aromatic carbocycles. The van der Waals surface area contributed by atoms with Crippen LogP contribution in [0.5, 0.6) is 5.75 Å². The lowest BCUT2D eigenvalue weighted by Gasteiger charge is -2.36. The summed E-state index contributed by atoms with van der Waals surface area (Å²) in [5.74, 6) is 0.520. The number of nitrogens with zero attached hydrogens (tertiary/aromatic N) is 2. The molecule has 0 spiro atoms. The maximum Gasteiger partial charge on any atom is 0.417 e. The van der Waals surface area contributed by atoms with Crippen LogP contribution in [0.2, 0.25) is 0 Å².